The summed E-state index contributed by atoms with van der Waals surface area (Å²) in [5, 5.41) is 3.02. The number of nitrogen functional groups attached to an aromatic ring is 1. The first-order valence-electron chi connectivity index (χ1n) is 6.77. The molecule has 114 valence electrons. The van der Waals surface area contributed by atoms with Gasteiger partial charge >= 0.3 is 5.97 Å². The van der Waals surface area contributed by atoms with Gasteiger partial charge in [-0.15, -0.1) is 0 Å². The van der Waals surface area contributed by atoms with Crippen LogP contribution in [0.2, 0.25) is 0 Å². The predicted molar refractivity (Wildman–Crippen MR) is 79.7 cm³/mol. The Kier molecular flexibility index (Phi) is 4.25. The number of nitrogens with one attached hydrogen (secondary N) is 2. The standard InChI is InChI=1S/C13H20N6O2/c1-13(2,3)21-8(20)5-4-6-15-12-18-10(14)9-11(19-12)17-7-16-9/h7H,4-6H2,1-3H3,(H4,14,15,16,17,18,19). The molecule has 0 amide bonds. The Morgan fingerprint density at radius 2 is 2.19 bits per heavy atom. The molecule has 21 heavy (non-hydrogen) atoms. The molecule has 2 aromatic heterocycles. The van der Waals surface area contributed by atoms with Crippen LogP contribution in [0.15, 0.2) is 6.33 Å². The molecule has 0 unspecified atom stereocenters. The molecule has 0 aliphatic carbocycles. The molecule has 0 saturated heterocycles. The molecule has 0 radical (unpaired) electrons. The molecule has 2 heterocycles. The average molecular weight is 292 g/mol. The fourth-order valence-corrected chi connectivity index (χ4v) is 1.76. The number of carbonyl (C=O) groups is 1. The first kappa shape index (κ1) is 15.0. The smallest absolute Gasteiger partial charge is 0.306 e. The zero-order valence-corrected chi connectivity index (χ0v) is 12.4. The molecule has 2 rings (SSSR count). The minimum absolute atomic E-state index is 0.215. The number of hydrogen-bond donors (Lipinski definition) is 3. The lowest BCUT2D eigenvalue weighted by molar-refractivity contribution is -0.154. The van der Waals surface area contributed by atoms with E-state index in [1.165, 1.54) is 6.33 Å². The van der Waals surface area contributed by atoms with Gasteiger partial charge in [0.25, 0.3) is 0 Å². The third-order valence-electron chi connectivity index (χ3n) is 2.57. The third kappa shape index (κ3) is 4.30. The highest BCUT2D eigenvalue weighted by Crippen LogP contribution is 2.15. The SMILES string of the molecule is CC(C)(C)OC(=O)CCCNc1nc(N)c2[nH]cnc2n1. The Balaban J connectivity index is 1.81. The second-order valence-corrected chi connectivity index (χ2v) is 5.65. The van der Waals surface area contributed by atoms with Crippen molar-refractivity contribution in [3.63, 3.8) is 0 Å². The first-order valence-corrected chi connectivity index (χ1v) is 6.77. The van der Waals surface area contributed by atoms with Crippen LogP contribution in [-0.2, 0) is 9.53 Å². The van der Waals surface area contributed by atoms with E-state index in [4.69, 9.17) is 10.5 Å². The van der Waals surface area contributed by atoms with E-state index < -0.39 is 5.60 Å². The summed E-state index contributed by atoms with van der Waals surface area (Å²) in [5.41, 5.74) is 6.47. The zero-order valence-electron chi connectivity index (χ0n) is 12.4. The van der Waals surface area contributed by atoms with Crippen LogP contribution >= 0.6 is 0 Å². The fraction of sp³-hybridized carbons (Fsp3) is 0.538. The zero-order chi connectivity index (χ0) is 15.5. The van der Waals surface area contributed by atoms with Crippen molar-refractivity contribution in [3.05, 3.63) is 6.33 Å². The van der Waals surface area contributed by atoms with Crippen molar-refractivity contribution >= 4 is 28.9 Å². The maximum atomic E-state index is 11.5. The Bertz CT molecular complexity index is 631. The van der Waals surface area contributed by atoms with Gasteiger partial charge in [-0.1, -0.05) is 0 Å². The van der Waals surface area contributed by atoms with E-state index >= 15 is 0 Å². The van der Waals surface area contributed by atoms with Gasteiger partial charge in [0.2, 0.25) is 5.95 Å². The summed E-state index contributed by atoms with van der Waals surface area (Å²) in [6, 6.07) is 0. The molecule has 8 nitrogen and oxygen atoms in total. The molecule has 0 saturated carbocycles. The highest BCUT2D eigenvalue weighted by Gasteiger charge is 2.15. The number of hydrogen-bond acceptors (Lipinski definition) is 7. The lowest BCUT2D eigenvalue weighted by atomic mass is 10.2. The number of nitrogens with two attached hydrogens (primary N) is 1. The van der Waals surface area contributed by atoms with Crippen molar-refractivity contribution < 1.29 is 9.53 Å². The number of ether oxygens (including phenoxy) is 1. The molecule has 0 aliphatic rings. The largest absolute Gasteiger partial charge is 0.460 e. The number of rotatable bonds is 5. The maximum absolute atomic E-state index is 11.5. The molecule has 4 N–H and O–H groups in total. The number of esters is 1. The fourth-order valence-electron chi connectivity index (χ4n) is 1.76. The number of aromatic amines is 1. The van der Waals surface area contributed by atoms with Crippen LogP contribution in [0.4, 0.5) is 11.8 Å². The van der Waals surface area contributed by atoms with Gasteiger partial charge in [0.15, 0.2) is 11.5 Å². The molecule has 0 fully saturated rings. The van der Waals surface area contributed by atoms with Gasteiger partial charge in [-0.05, 0) is 27.2 Å². The Morgan fingerprint density at radius 1 is 1.43 bits per heavy atom. The van der Waals surface area contributed by atoms with Gasteiger partial charge in [0.1, 0.15) is 11.1 Å². The minimum Gasteiger partial charge on any atom is -0.460 e. The number of imidazole rings is 1. The third-order valence-corrected chi connectivity index (χ3v) is 2.57. The first-order chi connectivity index (χ1) is 9.85. The molecular weight excluding hydrogens is 272 g/mol. The van der Waals surface area contributed by atoms with Crippen LogP contribution in [0.3, 0.4) is 0 Å². The number of carbonyl (C=O) groups excluding carboxylic acids is 1. The Labute approximate surface area is 122 Å². The van der Waals surface area contributed by atoms with Crippen LogP contribution in [0.5, 0.6) is 0 Å². The summed E-state index contributed by atoms with van der Waals surface area (Å²) in [7, 11) is 0. The predicted octanol–water partition coefficient (Wildman–Crippen LogP) is 1.47. The van der Waals surface area contributed by atoms with E-state index in [-0.39, 0.29) is 5.97 Å². The molecule has 0 aromatic carbocycles. The van der Waals surface area contributed by atoms with Gasteiger partial charge in [-0.25, -0.2) is 4.98 Å². The summed E-state index contributed by atoms with van der Waals surface area (Å²) in [5.74, 6) is 0.524. The number of H-pyrrole nitrogens is 1. The van der Waals surface area contributed by atoms with Crippen molar-refractivity contribution in [1.82, 2.24) is 19.9 Å². The van der Waals surface area contributed by atoms with E-state index in [1.807, 2.05) is 20.8 Å². The lowest BCUT2D eigenvalue weighted by Gasteiger charge is -2.19. The Hall–Kier alpha value is -2.38. The highest BCUT2D eigenvalue weighted by atomic mass is 16.6. The van der Waals surface area contributed by atoms with Gasteiger partial charge in [-0.2, -0.15) is 9.97 Å². The monoisotopic (exact) mass is 292 g/mol. The van der Waals surface area contributed by atoms with Crippen molar-refractivity contribution in [2.75, 3.05) is 17.6 Å². The average Bonchev–Trinajstić information content (AvgIpc) is 2.81. The summed E-state index contributed by atoms with van der Waals surface area (Å²) in [6.45, 7) is 6.09. The minimum atomic E-state index is -0.451. The summed E-state index contributed by atoms with van der Waals surface area (Å²) in [6.07, 6.45) is 2.48. The molecular formula is C13H20N6O2. The number of nitrogens with zero attached hydrogens (tertiary/aromatic N) is 3. The molecule has 2 aromatic rings. The van der Waals surface area contributed by atoms with Crippen LogP contribution < -0.4 is 11.1 Å². The van der Waals surface area contributed by atoms with E-state index in [9.17, 15) is 4.79 Å². The van der Waals surface area contributed by atoms with Crippen LogP contribution in [0.25, 0.3) is 11.2 Å². The van der Waals surface area contributed by atoms with Gasteiger partial charge in [0, 0.05) is 13.0 Å². The number of fused-ring (bicyclic) bond motifs is 1. The summed E-state index contributed by atoms with van der Waals surface area (Å²) >= 11 is 0. The van der Waals surface area contributed by atoms with Gasteiger partial charge in [-0.3, -0.25) is 4.79 Å². The second-order valence-electron chi connectivity index (χ2n) is 5.65. The van der Waals surface area contributed by atoms with Gasteiger partial charge < -0.3 is 20.8 Å². The molecule has 0 bridgehead atoms. The molecule has 0 spiro atoms. The normalized spacial score (nSPS) is 11.6. The van der Waals surface area contributed by atoms with Crippen LogP contribution in [0, 0.1) is 0 Å². The van der Waals surface area contributed by atoms with Crippen LogP contribution in [-0.4, -0.2) is 38.1 Å². The van der Waals surface area contributed by atoms with E-state index in [1.54, 1.807) is 0 Å². The highest BCUT2D eigenvalue weighted by molar-refractivity contribution is 5.82. The van der Waals surface area contributed by atoms with E-state index in [2.05, 4.69) is 25.3 Å². The van der Waals surface area contributed by atoms with Crippen molar-refractivity contribution in [2.45, 2.75) is 39.2 Å². The Morgan fingerprint density at radius 3 is 2.90 bits per heavy atom. The number of anilines is 2. The molecule has 0 atom stereocenters. The van der Waals surface area contributed by atoms with Crippen LogP contribution in [0.1, 0.15) is 33.6 Å². The van der Waals surface area contributed by atoms with Crippen molar-refractivity contribution in [3.8, 4) is 0 Å². The second kappa shape index (κ2) is 5.94. The lowest BCUT2D eigenvalue weighted by Crippen LogP contribution is -2.24. The van der Waals surface area contributed by atoms with E-state index in [0.717, 1.165) is 0 Å². The van der Waals surface area contributed by atoms with Crippen molar-refractivity contribution in [2.24, 2.45) is 0 Å². The molecule has 0 aliphatic heterocycles. The number of aromatic nitrogens is 4. The quantitative estimate of drug-likeness (QED) is 0.564. The molecule has 8 heteroatoms. The van der Waals surface area contributed by atoms with Crippen molar-refractivity contribution in [1.29, 1.82) is 0 Å². The topological polar surface area (TPSA) is 119 Å². The summed E-state index contributed by atoms with van der Waals surface area (Å²) < 4.78 is 5.22. The maximum Gasteiger partial charge on any atom is 0.306 e. The van der Waals surface area contributed by atoms with Gasteiger partial charge in [0.05, 0.1) is 6.33 Å². The summed E-state index contributed by atoms with van der Waals surface area (Å²) in [4.78, 5) is 26.8. The van der Waals surface area contributed by atoms with E-state index in [0.29, 0.717) is 42.3 Å².